The summed E-state index contributed by atoms with van der Waals surface area (Å²) in [5, 5.41) is 8.40. The van der Waals surface area contributed by atoms with Crippen molar-refractivity contribution in [2.45, 2.75) is 19.0 Å². The summed E-state index contributed by atoms with van der Waals surface area (Å²) in [6.07, 6.45) is 2.34. The SMILES string of the molecule is O=C(CN1CCN(Cc2ccccc2)CC1)N1N=C(c2cccs2)CC1c1ccco1. The Morgan fingerprint density at radius 2 is 1.81 bits per heavy atom. The quantitative estimate of drug-likeness (QED) is 0.592. The van der Waals surface area contributed by atoms with Crippen LogP contribution in [0.25, 0.3) is 0 Å². The number of amides is 1. The number of hydrogen-bond acceptors (Lipinski definition) is 6. The van der Waals surface area contributed by atoms with Crippen molar-refractivity contribution in [3.63, 3.8) is 0 Å². The minimum absolute atomic E-state index is 0.0319. The number of furan rings is 1. The maximum absolute atomic E-state index is 13.2. The average Bonchev–Trinajstić information content (AvgIpc) is 3.56. The molecular weight excluding hydrogens is 408 g/mol. The van der Waals surface area contributed by atoms with Gasteiger partial charge in [-0.25, -0.2) is 5.01 Å². The van der Waals surface area contributed by atoms with Gasteiger partial charge in [0.05, 0.1) is 23.4 Å². The molecule has 0 saturated carbocycles. The summed E-state index contributed by atoms with van der Waals surface area (Å²) in [5.41, 5.74) is 2.29. The van der Waals surface area contributed by atoms with Crippen molar-refractivity contribution in [3.05, 3.63) is 82.4 Å². The third-order valence-corrected chi connectivity index (χ3v) is 6.83. The van der Waals surface area contributed by atoms with E-state index in [0.29, 0.717) is 13.0 Å². The normalized spacial score (nSPS) is 20.2. The smallest absolute Gasteiger partial charge is 0.257 e. The molecule has 0 spiro atoms. The summed E-state index contributed by atoms with van der Waals surface area (Å²) in [4.78, 5) is 19.0. The fraction of sp³-hybridized carbons (Fsp3) is 0.333. The molecule has 160 valence electrons. The molecule has 0 N–H and O–H groups in total. The molecule has 1 aromatic carbocycles. The van der Waals surface area contributed by atoms with Gasteiger partial charge in [0.15, 0.2) is 0 Å². The zero-order valence-corrected chi connectivity index (χ0v) is 18.2. The van der Waals surface area contributed by atoms with E-state index in [1.54, 1.807) is 22.6 Å². The lowest BCUT2D eigenvalue weighted by Gasteiger charge is -2.35. The highest BCUT2D eigenvalue weighted by Crippen LogP contribution is 2.34. The number of hydrogen-bond donors (Lipinski definition) is 0. The predicted octanol–water partition coefficient (Wildman–Crippen LogP) is 3.84. The Balaban J connectivity index is 1.21. The highest BCUT2D eigenvalue weighted by molar-refractivity contribution is 7.12. The van der Waals surface area contributed by atoms with E-state index in [1.165, 1.54) is 5.56 Å². The lowest BCUT2D eigenvalue weighted by molar-refractivity contribution is -0.135. The summed E-state index contributed by atoms with van der Waals surface area (Å²) in [5.74, 6) is 0.820. The van der Waals surface area contributed by atoms with E-state index in [2.05, 4.69) is 40.1 Å². The van der Waals surface area contributed by atoms with Gasteiger partial charge in [0, 0.05) is 39.1 Å². The Kier molecular flexibility index (Phi) is 5.97. The molecule has 2 aliphatic rings. The number of benzene rings is 1. The Morgan fingerprint density at radius 1 is 1.00 bits per heavy atom. The van der Waals surface area contributed by atoms with Crippen LogP contribution < -0.4 is 0 Å². The molecule has 5 rings (SSSR count). The molecule has 0 aliphatic carbocycles. The average molecular weight is 435 g/mol. The Bertz CT molecular complexity index is 1010. The van der Waals surface area contributed by atoms with Crippen LogP contribution in [0, 0.1) is 0 Å². The standard InChI is InChI=1S/C24H26N4O2S/c29-24(18-27-12-10-26(11-13-27)17-19-6-2-1-3-7-19)28-21(22-8-4-14-30-22)16-20(25-28)23-9-5-15-31-23/h1-9,14-15,21H,10-13,16-18H2. The van der Waals surface area contributed by atoms with Gasteiger partial charge in [0.2, 0.25) is 0 Å². The Morgan fingerprint density at radius 3 is 2.52 bits per heavy atom. The van der Waals surface area contributed by atoms with Crippen molar-refractivity contribution >= 4 is 23.0 Å². The van der Waals surface area contributed by atoms with Crippen molar-refractivity contribution < 1.29 is 9.21 Å². The topological polar surface area (TPSA) is 52.3 Å². The van der Waals surface area contributed by atoms with E-state index in [9.17, 15) is 4.79 Å². The number of nitrogens with zero attached hydrogens (tertiary/aromatic N) is 4. The largest absolute Gasteiger partial charge is 0.467 e. The minimum Gasteiger partial charge on any atom is -0.467 e. The molecule has 1 fully saturated rings. The van der Waals surface area contributed by atoms with Gasteiger partial charge < -0.3 is 4.42 Å². The van der Waals surface area contributed by atoms with Crippen LogP contribution in [0.4, 0.5) is 0 Å². The van der Waals surface area contributed by atoms with Crippen LogP contribution in [0.1, 0.15) is 28.7 Å². The first-order chi connectivity index (χ1) is 15.3. The van der Waals surface area contributed by atoms with Crippen molar-refractivity contribution in [1.29, 1.82) is 0 Å². The maximum atomic E-state index is 13.2. The molecule has 7 heteroatoms. The summed E-state index contributed by atoms with van der Waals surface area (Å²) in [6, 6.07) is 18.3. The van der Waals surface area contributed by atoms with Crippen molar-refractivity contribution in [1.82, 2.24) is 14.8 Å². The molecule has 6 nitrogen and oxygen atoms in total. The number of piperazine rings is 1. The van der Waals surface area contributed by atoms with E-state index >= 15 is 0 Å². The lowest BCUT2D eigenvalue weighted by Crippen LogP contribution is -2.49. The van der Waals surface area contributed by atoms with Crippen molar-refractivity contribution in [2.24, 2.45) is 5.10 Å². The van der Waals surface area contributed by atoms with E-state index in [1.807, 2.05) is 29.6 Å². The van der Waals surface area contributed by atoms with Gasteiger partial charge >= 0.3 is 0 Å². The molecular formula is C24H26N4O2S. The van der Waals surface area contributed by atoms with Gasteiger partial charge in [-0.2, -0.15) is 5.10 Å². The Hall–Kier alpha value is -2.74. The molecule has 1 saturated heterocycles. The minimum atomic E-state index is -0.168. The van der Waals surface area contributed by atoms with Crippen LogP contribution >= 0.6 is 11.3 Å². The van der Waals surface area contributed by atoms with Crippen LogP contribution in [-0.2, 0) is 11.3 Å². The molecule has 1 atom stereocenters. The third-order valence-electron chi connectivity index (χ3n) is 5.92. The second-order valence-corrected chi connectivity index (χ2v) is 8.98. The summed E-state index contributed by atoms with van der Waals surface area (Å²) in [7, 11) is 0. The van der Waals surface area contributed by atoms with Gasteiger partial charge in [-0.3, -0.25) is 14.6 Å². The fourth-order valence-corrected chi connectivity index (χ4v) is 4.97. The second kappa shape index (κ2) is 9.18. The van der Waals surface area contributed by atoms with Crippen LogP contribution in [0.2, 0.25) is 0 Å². The highest BCUT2D eigenvalue weighted by atomic mass is 32.1. The molecule has 3 aromatic rings. The summed E-state index contributed by atoms with van der Waals surface area (Å²) in [6.45, 7) is 5.06. The van der Waals surface area contributed by atoms with E-state index in [-0.39, 0.29) is 11.9 Å². The molecule has 1 unspecified atom stereocenters. The molecule has 31 heavy (non-hydrogen) atoms. The van der Waals surface area contributed by atoms with Crippen molar-refractivity contribution in [3.8, 4) is 0 Å². The molecule has 0 radical (unpaired) electrons. The fourth-order valence-electron chi connectivity index (χ4n) is 4.25. The predicted molar refractivity (Wildman–Crippen MR) is 122 cm³/mol. The van der Waals surface area contributed by atoms with Gasteiger partial charge in [0.1, 0.15) is 11.8 Å². The zero-order valence-electron chi connectivity index (χ0n) is 17.4. The lowest BCUT2D eigenvalue weighted by atomic mass is 10.1. The van der Waals surface area contributed by atoms with Crippen molar-refractivity contribution in [2.75, 3.05) is 32.7 Å². The maximum Gasteiger partial charge on any atom is 0.257 e. The summed E-state index contributed by atoms with van der Waals surface area (Å²) >= 11 is 1.65. The van der Waals surface area contributed by atoms with Crippen LogP contribution in [0.5, 0.6) is 0 Å². The number of hydrazone groups is 1. The van der Waals surface area contributed by atoms with Crippen LogP contribution in [0.15, 0.2) is 75.8 Å². The number of thiophene rings is 1. The van der Waals surface area contributed by atoms with Crippen LogP contribution in [-0.4, -0.2) is 59.2 Å². The molecule has 1 amide bonds. The summed E-state index contributed by atoms with van der Waals surface area (Å²) < 4.78 is 5.64. The van der Waals surface area contributed by atoms with E-state index in [0.717, 1.165) is 49.1 Å². The first-order valence-corrected chi connectivity index (χ1v) is 11.6. The van der Waals surface area contributed by atoms with Gasteiger partial charge in [0.25, 0.3) is 5.91 Å². The first-order valence-electron chi connectivity index (χ1n) is 10.7. The highest BCUT2D eigenvalue weighted by Gasteiger charge is 2.36. The number of carbonyl (C=O) groups excluding carboxylic acids is 1. The second-order valence-electron chi connectivity index (χ2n) is 8.04. The van der Waals surface area contributed by atoms with E-state index < -0.39 is 0 Å². The molecule has 4 heterocycles. The van der Waals surface area contributed by atoms with Crippen LogP contribution in [0.3, 0.4) is 0 Å². The van der Waals surface area contributed by atoms with E-state index in [4.69, 9.17) is 9.52 Å². The zero-order chi connectivity index (χ0) is 21.0. The third kappa shape index (κ3) is 4.63. The molecule has 0 bridgehead atoms. The number of rotatable bonds is 6. The Labute approximate surface area is 186 Å². The molecule has 2 aliphatic heterocycles. The van der Waals surface area contributed by atoms with Gasteiger partial charge in [-0.05, 0) is 29.1 Å². The monoisotopic (exact) mass is 434 g/mol. The van der Waals surface area contributed by atoms with Gasteiger partial charge in [-0.15, -0.1) is 11.3 Å². The van der Waals surface area contributed by atoms with Gasteiger partial charge in [-0.1, -0.05) is 36.4 Å². The molecule has 2 aromatic heterocycles. The number of carbonyl (C=O) groups is 1. The first kappa shape index (κ1) is 20.2.